The number of rotatable bonds is 18. The minimum atomic E-state index is -1.14. The smallest absolute Gasteiger partial charge is 0.274 e. The monoisotopic (exact) mass is 641 g/mol. The molecule has 1 fully saturated rings. The van der Waals surface area contributed by atoms with E-state index < -0.39 is 53.4 Å². The van der Waals surface area contributed by atoms with Crippen molar-refractivity contribution in [1.82, 2.24) is 26.4 Å². The quantitative estimate of drug-likeness (QED) is 0.177. The molecule has 46 heavy (non-hydrogen) atoms. The zero-order chi connectivity index (χ0) is 34.0. The topological polar surface area (TPSA) is 181 Å². The molecule has 0 bridgehead atoms. The van der Waals surface area contributed by atoms with E-state index in [1.165, 1.54) is 13.2 Å². The molecule has 0 spiro atoms. The number of amides is 4. The van der Waals surface area contributed by atoms with E-state index in [4.69, 9.17) is 14.0 Å². The zero-order valence-electron chi connectivity index (χ0n) is 27.7. The lowest BCUT2D eigenvalue weighted by molar-refractivity contribution is -0.135. The Morgan fingerprint density at radius 2 is 1.39 bits per heavy atom. The van der Waals surface area contributed by atoms with Crippen molar-refractivity contribution in [3.63, 3.8) is 0 Å². The van der Waals surface area contributed by atoms with Crippen molar-refractivity contribution in [1.29, 1.82) is 0 Å². The van der Waals surface area contributed by atoms with Crippen molar-refractivity contribution in [2.24, 2.45) is 11.8 Å². The van der Waals surface area contributed by atoms with Crippen LogP contribution in [0, 0.1) is 18.8 Å². The molecule has 4 amide bonds. The van der Waals surface area contributed by atoms with E-state index in [-0.39, 0.29) is 42.8 Å². The van der Waals surface area contributed by atoms with Gasteiger partial charge in [0.1, 0.15) is 29.5 Å². The first-order valence-corrected chi connectivity index (χ1v) is 15.6. The van der Waals surface area contributed by atoms with E-state index in [1.54, 1.807) is 13.8 Å². The summed E-state index contributed by atoms with van der Waals surface area (Å²) in [5.74, 6) is -2.10. The molecule has 252 valence electrons. The van der Waals surface area contributed by atoms with Crippen LogP contribution in [0.3, 0.4) is 0 Å². The van der Waals surface area contributed by atoms with Crippen molar-refractivity contribution in [2.45, 2.75) is 90.6 Å². The van der Waals surface area contributed by atoms with Gasteiger partial charge in [-0.05, 0) is 44.1 Å². The molecule has 0 unspecified atom stereocenters. The second kappa shape index (κ2) is 16.5. The van der Waals surface area contributed by atoms with Crippen molar-refractivity contribution < 1.29 is 38.0 Å². The molecule has 2 aromatic rings. The molecular weight excluding hydrogens is 594 g/mol. The minimum Gasteiger partial charge on any atom is -0.382 e. The number of epoxide rings is 1. The maximum atomic E-state index is 13.8. The van der Waals surface area contributed by atoms with Gasteiger partial charge in [0.05, 0.1) is 19.3 Å². The van der Waals surface area contributed by atoms with Crippen molar-refractivity contribution in [3.8, 4) is 0 Å². The molecule has 1 aliphatic heterocycles. The Hall–Kier alpha value is -4.10. The summed E-state index contributed by atoms with van der Waals surface area (Å²) in [6, 6.07) is 6.57. The van der Waals surface area contributed by atoms with Crippen LogP contribution >= 0.6 is 0 Å². The molecule has 0 saturated carbocycles. The van der Waals surface area contributed by atoms with E-state index in [1.807, 2.05) is 58.0 Å². The highest BCUT2D eigenvalue weighted by molar-refractivity contribution is 5.99. The predicted octanol–water partition coefficient (Wildman–Crippen LogP) is 1.88. The van der Waals surface area contributed by atoms with E-state index in [9.17, 15) is 24.0 Å². The van der Waals surface area contributed by atoms with Gasteiger partial charge in [-0.15, -0.1) is 0 Å². The highest BCUT2D eigenvalue weighted by Crippen LogP contribution is 2.29. The zero-order valence-corrected chi connectivity index (χ0v) is 27.7. The summed E-state index contributed by atoms with van der Waals surface area (Å²) in [4.78, 5) is 66.8. The summed E-state index contributed by atoms with van der Waals surface area (Å²) in [7, 11) is 1.38. The maximum absolute atomic E-state index is 13.8. The van der Waals surface area contributed by atoms with Gasteiger partial charge < -0.3 is 35.3 Å². The fourth-order valence-electron chi connectivity index (χ4n) is 4.96. The largest absolute Gasteiger partial charge is 0.382 e. The average Bonchev–Trinajstić information content (AvgIpc) is 3.60. The number of hydrogen-bond donors (Lipinski definition) is 4. The van der Waals surface area contributed by atoms with Crippen LogP contribution in [0.15, 0.2) is 40.9 Å². The van der Waals surface area contributed by atoms with Crippen LogP contribution in [0.2, 0.25) is 0 Å². The number of hydrogen-bond acceptors (Lipinski definition) is 9. The highest BCUT2D eigenvalue weighted by Gasteiger charge is 2.50. The summed E-state index contributed by atoms with van der Waals surface area (Å²) in [6.45, 7) is 11.1. The number of ketones is 1. The molecule has 13 heteroatoms. The molecular formula is C33H47N5O8. The summed E-state index contributed by atoms with van der Waals surface area (Å²) >= 11 is 0. The molecule has 2 heterocycles. The Balaban J connectivity index is 1.80. The van der Waals surface area contributed by atoms with Gasteiger partial charge in [-0.25, -0.2) is 0 Å². The summed E-state index contributed by atoms with van der Waals surface area (Å²) < 4.78 is 15.5. The van der Waals surface area contributed by atoms with Crippen LogP contribution in [0.4, 0.5) is 0 Å². The summed E-state index contributed by atoms with van der Waals surface area (Å²) in [6.07, 6.45) is 0.802. The van der Waals surface area contributed by atoms with Gasteiger partial charge in [-0.3, -0.25) is 24.0 Å². The number of nitrogens with zero attached hydrogens (tertiary/aromatic N) is 1. The third kappa shape index (κ3) is 10.8. The molecule has 13 nitrogen and oxygen atoms in total. The second-order valence-corrected chi connectivity index (χ2v) is 12.8. The van der Waals surface area contributed by atoms with Crippen LogP contribution in [-0.2, 0) is 35.1 Å². The fraction of sp³-hybridized carbons (Fsp3) is 0.576. The molecule has 3 rings (SSSR count). The van der Waals surface area contributed by atoms with Crippen LogP contribution in [-0.4, -0.2) is 84.7 Å². The van der Waals surface area contributed by atoms with Gasteiger partial charge in [0.25, 0.3) is 5.91 Å². The maximum Gasteiger partial charge on any atom is 0.274 e. The Labute approximate surface area is 269 Å². The van der Waals surface area contributed by atoms with Gasteiger partial charge >= 0.3 is 0 Å². The summed E-state index contributed by atoms with van der Waals surface area (Å²) in [5, 5.41) is 14.6. The van der Waals surface area contributed by atoms with Crippen molar-refractivity contribution >= 4 is 29.4 Å². The molecule has 5 atom stereocenters. The minimum absolute atomic E-state index is 0.00543. The molecule has 1 saturated heterocycles. The van der Waals surface area contributed by atoms with Crippen molar-refractivity contribution in [2.75, 3.05) is 20.3 Å². The van der Waals surface area contributed by atoms with E-state index in [0.717, 1.165) is 5.56 Å². The van der Waals surface area contributed by atoms with Gasteiger partial charge in [0.15, 0.2) is 11.5 Å². The third-order valence-electron chi connectivity index (χ3n) is 7.51. The molecule has 0 radical (unpaired) electrons. The van der Waals surface area contributed by atoms with E-state index in [0.29, 0.717) is 18.8 Å². The number of methoxy groups -OCH3 is 1. The predicted molar refractivity (Wildman–Crippen MR) is 169 cm³/mol. The lowest BCUT2D eigenvalue weighted by atomic mass is 9.93. The lowest BCUT2D eigenvalue weighted by Crippen LogP contribution is -2.59. The number of ether oxygens (including phenoxy) is 2. The Morgan fingerprint density at radius 3 is 1.93 bits per heavy atom. The van der Waals surface area contributed by atoms with Gasteiger partial charge in [-0.2, -0.15) is 0 Å². The number of carbonyl (C=O) groups excluding carboxylic acids is 5. The van der Waals surface area contributed by atoms with Crippen LogP contribution in [0.25, 0.3) is 0 Å². The van der Waals surface area contributed by atoms with E-state index in [2.05, 4.69) is 26.4 Å². The summed E-state index contributed by atoms with van der Waals surface area (Å²) in [5.41, 5.74) is -0.144. The van der Waals surface area contributed by atoms with Crippen molar-refractivity contribution in [3.05, 3.63) is 53.4 Å². The molecule has 1 aromatic heterocycles. The van der Waals surface area contributed by atoms with Crippen LogP contribution in [0.1, 0.15) is 69.3 Å². The first-order chi connectivity index (χ1) is 21.7. The average molecular weight is 642 g/mol. The van der Waals surface area contributed by atoms with Gasteiger partial charge in [-0.1, -0.05) is 63.2 Å². The molecule has 1 aromatic carbocycles. The first kappa shape index (κ1) is 36.4. The molecule has 1 aliphatic rings. The number of benzene rings is 1. The first-order valence-electron chi connectivity index (χ1n) is 15.6. The van der Waals surface area contributed by atoms with Crippen LogP contribution < -0.4 is 21.3 Å². The second-order valence-electron chi connectivity index (χ2n) is 12.8. The number of aryl methyl sites for hydroxylation is 1. The Kier molecular flexibility index (Phi) is 13.0. The van der Waals surface area contributed by atoms with Gasteiger partial charge in [0.2, 0.25) is 17.7 Å². The Morgan fingerprint density at radius 1 is 0.848 bits per heavy atom. The number of aromatic nitrogens is 1. The lowest BCUT2D eigenvalue weighted by Gasteiger charge is -2.28. The normalized spacial score (nSPS) is 18.3. The number of nitrogens with one attached hydrogen (secondary N) is 4. The van der Waals surface area contributed by atoms with E-state index >= 15 is 0 Å². The van der Waals surface area contributed by atoms with Gasteiger partial charge in [0, 0.05) is 19.6 Å². The third-order valence-corrected chi connectivity index (χ3v) is 7.51. The highest BCUT2D eigenvalue weighted by atomic mass is 16.6. The standard InChI is InChI=1S/C33H47N5O8/c1-19(2)13-23(28(39)33(6)18-45-33)34-30(41)25(16-22-11-9-8-10-12-22)36-29(40)24(14-20(3)4)35-32(43)27(17-44-7)37-31(42)26-15-21(5)46-38-26/h8-12,15,19-20,23-25,27H,13-14,16-18H2,1-7H3,(H,34,41)(H,35,43)(H,36,40)(H,37,42)/t23-,24-,25-,27-,33+/m0/s1. The van der Waals surface area contributed by atoms with Crippen LogP contribution in [0.5, 0.6) is 0 Å². The number of Topliss-reactive ketones (excluding diaryl/α,β-unsaturated/α-hetero) is 1. The number of carbonyl (C=O) groups is 5. The molecule has 0 aliphatic carbocycles. The Bertz CT molecular complexity index is 1350. The molecule has 4 N–H and O–H groups in total. The SMILES string of the molecule is COC[C@H](NC(=O)c1cc(C)on1)C(=O)N[C@@H](CC(C)C)C(=O)N[C@@H](Cc1ccccc1)C(=O)N[C@@H](CC(C)C)C(=O)[C@@]1(C)CO1. The fourth-order valence-corrected chi connectivity index (χ4v) is 4.96.